The second kappa shape index (κ2) is 11.6. The first-order valence-corrected chi connectivity index (χ1v) is 12.5. The smallest absolute Gasteiger partial charge is 0.410 e. The van der Waals surface area contributed by atoms with Crippen LogP contribution in [0, 0.1) is 0 Å². The summed E-state index contributed by atoms with van der Waals surface area (Å²) in [6.07, 6.45) is 7.23. The number of carbonyl (C=O) groups is 2. The molecule has 1 fully saturated rings. The molecule has 1 unspecified atom stereocenters. The number of hydrogen-bond acceptors (Lipinski definition) is 7. The molecule has 198 valence electrons. The zero-order chi connectivity index (χ0) is 26.4. The SMILES string of the molecule is COc1cc(-c2cncc(NC(=O)NC3CCCN(C(=O)OC(C)(C)C)C3)n2)ccc1C1=CCOCC1. The molecule has 1 atom stereocenters. The number of rotatable bonds is 5. The Morgan fingerprint density at radius 2 is 2.05 bits per heavy atom. The fourth-order valence-corrected chi connectivity index (χ4v) is 4.38. The summed E-state index contributed by atoms with van der Waals surface area (Å²) in [4.78, 5) is 35.6. The lowest BCUT2D eigenvalue weighted by Crippen LogP contribution is -2.51. The molecule has 37 heavy (non-hydrogen) atoms. The number of amides is 3. The van der Waals surface area contributed by atoms with Crippen LogP contribution < -0.4 is 15.4 Å². The molecule has 1 aromatic heterocycles. The van der Waals surface area contributed by atoms with Crippen molar-refractivity contribution >= 4 is 23.5 Å². The molecule has 0 bridgehead atoms. The topological polar surface area (TPSA) is 115 Å². The Bertz CT molecular complexity index is 1160. The van der Waals surface area contributed by atoms with E-state index in [0.717, 1.165) is 36.1 Å². The van der Waals surface area contributed by atoms with Crippen LogP contribution in [0.15, 0.2) is 36.7 Å². The average molecular weight is 510 g/mol. The van der Waals surface area contributed by atoms with Gasteiger partial charge in [-0.25, -0.2) is 14.6 Å². The van der Waals surface area contributed by atoms with Gasteiger partial charge in [-0.05, 0) is 51.7 Å². The molecule has 2 N–H and O–H groups in total. The van der Waals surface area contributed by atoms with Crippen LogP contribution in [0.25, 0.3) is 16.8 Å². The number of methoxy groups -OCH3 is 1. The minimum Gasteiger partial charge on any atom is -0.496 e. The number of hydrogen-bond donors (Lipinski definition) is 2. The molecule has 10 heteroatoms. The van der Waals surface area contributed by atoms with Crippen molar-refractivity contribution in [3.8, 4) is 17.0 Å². The van der Waals surface area contributed by atoms with Gasteiger partial charge >= 0.3 is 12.1 Å². The molecule has 2 aromatic rings. The summed E-state index contributed by atoms with van der Waals surface area (Å²) in [7, 11) is 1.64. The number of urea groups is 1. The van der Waals surface area contributed by atoms with Gasteiger partial charge in [-0.1, -0.05) is 18.2 Å². The molecule has 0 radical (unpaired) electrons. The Morgan fingerprint density at radius 1 is 1.22 bits per heavy atom. The van der Waals surface area contributed by atoms with Gasteiger partial charge in [-0.2, -0.15) is 0 Å². The van der Waals surface area contributed by atoms with Crippen molar-refractivity contribution in [3.63, 3.8) is 0 Å². The summed E-state index contributed by atoms with van der Waals surface area (Å²) >= 11 is 0. The highest BCUT2D eigenvalue weighted by Crippen LogP contribution is 2.33. The van der Waals surface area contributed by atoms with E-state index < -0.39 is 11.6 Å². The van der Waals surface area contributed by atoms with Crippen LogP contribution in [0.1, 0.15) is 45.6 Å². The Labute approximate surface area is 217 Å². The highest BCUT2D eigenvalue weighted by atomic mass is 16.6. The van der Waals surface area contributed by atoms with Crippen LogP contribution in [0.2, 0.25) is 0 Å². The molecule has 3 heterocycles. The first-order valence-electron chi connectivity index (χ1n) is 12.5. The van der Waals surface area contributed by atoms with E-state index in [2.05, 4.69) is 26.7 Å². The van der Waals surface area contributed by atoms with E-state index in [1.165, 1.54) is 11.8 Å². The molecule has 2 aliphatic heterocycles. The van der Waals surface area contributed by atoms with Crippen molar-refractivity contribution < 1.29 is 23.8 Å². The standard InChI is InChI=1S/C27H35N5O5/c1-27(2,3)37-26(34)32-11-5-6-20(17-32)29-25(33)31-24-16-28-15-22(30-24)19-7-8-21(23(14-19)35-4)18-9-12-36-13-10-18/h7-9,14-16,20H,5-6,10-13,17H2,1-4H3,(H2,29,30,31,33). The second-order valence-electron chi connectivity index (χ2n) is 10.1. The predicted molar refractivity (Wildman–Crippen MR) is 140 cm³/mol. The molecular formula is C27H35N5O5. The first-order chi connectivity index (χ1) is 17.7. The highest BCUT2D eigenvalue weighted by Gasteiger charge is 2.28. The van der Waals surface area contributed by atoms with E-state index in [1.54, 1.807) is 18.2 Å². The van der Waals surface area contributed by atoms with E-state index in [1.807, 2.05) is 39.0 Å². The summed E-state index contributed by atoms with van der Waals surface area (Å²) in [5.74, 6) is 1.07. The van der Waals surface area contributed by atoms with Crippen LogP contribution in [0.4, 0.5) is 15.4 Å². The Balaban J connectivity index is 1.39. The summed E-state index contributed by atoms with van der Waals surface area (Å²) in [5.41, 5.74) is 3.10. The maximum atomic E-state index is 12.7. The molecule has 4 rings (SSSR count). The zero-order valence-electron chi connectivity index (χ0n) is 21.9. The maximum absolute atomic E-state index is 12.7. The van der Waals surface area contributed by atoms with Crippen LogP contribution >= 0.6 is 0 Å². The van der Waals surface area contributed by atoms with Crippen LogP contribution in [0.5, 0.6) is 5.75 Å². The van der Waals surface area contributed by atoms with Gasteiger partial charge in [-0.3, -0.25) is 10.3 Å². The molecule has 0 saturated carbocycles. The van der Waals surface area contributed by atoms with Gasteiger partial charge in [-0.15, -0.1) is 0 Å². The van der Waals surface area contributed by atoms with Gasteiger partial charge in [0.1, 0.15) is 11.4 Å². The molecule has 10 nitrogen and oxygen atoms in total. The third-order valence-corrected chi connectivity index (χ3v) is 6.09. The van der Waals surface area contributed by atoms with E-state index in [4.69, 9.17) is 14.2 Å². The van der Waals surface area contributed by atoms with Crippen LogP contribution in [-0.2, 0) is 9.47 Å². The van der Waals surface area contributed by atoms with Gasteiger partial charge < -0.3 is 24.4 Å². The number of ether oxygens (including phenoxy) is 3. The van der Waals surface area contributed by atoms with Gasteiger partial charge in [0.05, 0.1) is 38.4 Å². The highest BCUT2D eigenvalue weighted by molar-refractivity contribution is 5.88. The van der Waals surface area contributed by atoms with E-state index >= 15 is 0 Å². The minimum atomic E-state index is -0.565. The third-order valence-electron chi connectivity index (χ3n) is 6.09. The van der Waals surface area contributed by atoms with Crippen molar-refractivity contribution in [1.82, 2.24) is 20.2 Å². The van der Waals surface area contributed by atoms with E-state index in [-0.39, 0.29) is 12.1 Å². The second-order valence-corrected chi connectivity index (χ2v) is 10.1. The van der Waals surface area contributed by atoms with Crippen molar-refractivity contribution in [1.29, 1.82) is 0 Å². The lowest BCUT2D eigenvalue weighted by atomic mass is 9.98. The van der Waals surface area contributed by atoms with Crippen LogP contribution in [0.3, 0.4) is 0 Å². The summed E-state index contributed by atoms with van der Waals surface area (Å²) in [6, 6.07) is 5.32. The summed E-state index contributed by atoms with van der Waals surface area (Å²) in [5, 5.41) is 5.69. The van der Waals surface area contributed by atoms with Crippen molar-refractivity contribution in [2.75, 3.05) is 38.7 Å². The Hall–Kier alpha value is -3.66. The van der Waals surface area contributed by atoms with Gasteiger partial charge in [0.15, 0.2) is 5.82 Å². The monoisotopic (exact) mass is 509 g/mol. The van der Waals surface area contributed by atoms with Gasteiger partial charge in [0, 0.05) is 30.3 Å². The van der Waals surface area contributed by atoms with Gasteiger partial charge in [0.25, 0.3) is 0 Å². The minimum absolute atomic E-state index is 0.186. The fraction of sp³-hybridized carbons (Fsp3) is 0.481. The number of carbonyl (C=O) groups excluding carboxylic acids is 2. The van der Waals surface area contributed by atoms with E-state index in [9.17, 15) is 9.59 Å². The van der Waals surface area contributed by atoms with Gasteiger partial charge in [0.2, 0.25) is 0 Å². The largest absolute Gasteiger partial charge is 0.496 e. The quantitative estimate of drug-likeness (QED) is 0.611. The molecule has 3 amide bonds. The molecule has 0 aliphatic carbocycles. The Morgan fingerprint density at radius 3 is 2.78 bits per heavy atom. The molecule has 1 aromatic carbocycles. The van der Waals surface area contributed by atoms with Crippen LogP contribution in [-0.4, -0.2) is 72.0 Å². The van der Waals surface area contributed by atoms with Crippen molar-refractivity contribution in [2.24, 2.45) is 0 Å². The average Bonchev–Trinajstić information content (AvgIpc) is 2.88. The fourth-order valence-electron chi connectivity index (χ4n) is 4.38. The third kappa shape index (κ3) is 7.19. The van der Waals surface area contributed by atoms with Crippen molar-refractivity contribution in [2.45, 2.75) is 51.7 Å². The molecule has 1 saturated heterocycles. The lowest BCUT2D eigenvalue weighted by molar-refractivity contribution is 0.0191. The van der Waals surface area contributed by atoms with Crippen molar-refractivity contribution in [3.05, 3.63) is 42.2 Å². The van der Waals surface area contributed by atoms with E-state index in [0.29, 0.717) is 37.8 Å². The number of likely N-dealkylation sites (tertiary alicyclic amines) is 1. The predicted octanol–water partition coefficient (Wildman–Crippen LogP) is 4.48. The summed E-state index contributed by atoms with van der Waals surface area (Å²) in [6.45, 7) is 7.79. The number of piperidine rings is 1. The number of benzene rings is 1. The molecule has 0 spiro atoms. The lowest BCUT2D eigenvalue weighted by Gasteiger charge is -2.34. The first kappa shape index (κ1) is 26.4. The zero-order valence-corrected chi connectivity index (χ0v) is 21.9. The number of nitrogens with zero attached hydrogens (tertiary/aromatic N) is 3. The number of aromatic nitrogens is 2. The Kier molecular flexibility index (Phi) is 8.27. The number of nitrogens with one attached hydrogen (secondary N) is 2. The molecular weight excluding hydrogens is 474 g/mol. The normalized spacial score (nSPS) is 18.0. The summed E-state index contributed by atoms with van der Waals surface area (Å²) < 4.78 is 16.5. The molecule has 2 aliphatic rings. The number of anilines is 1. The maximum Gasteiger partial charge on any atom is 0.410 e.